The molecule has 7 heteroatoms. The summed E-state index contributed by atoms with van der Waals surface area (Å²) >= 11 is 0. The van der Waals surface area contributed by atoms with Crippen molar-refractivity contribution in [2.75, 3.05) is 26.7 Å². The molecule has 3 atom stereocenters. The number of carbonyl (C=O) groups excluding carboxylic acids is 1. The Balaban J connectivity index is 1.90. The Morgan fingerprint density at radius 2 is 2.16 bits per heavy atom. The van der Waals surface area contributed by atoms with Gasteiger partial charge < -0.3 is 14.7 Å². The molecule has 0 saturated carbocycles. The lowest BCUT2D eigenvalue weighted by molar-refractivity contribution is 0.0324. The Kier molecular flexibility index (Phi) is 7.99. The van der Waals surface area contributed by atoms with Gasteiger partial charge in [-0.1, -0.05) is 37.3 Å². The van der Waals surface area contributed by atoms with Crippen molar-refractivity contribution in [1.82, 2.24) is 14.8 Å². The van der Waals surface area contributed by atoms with E-state index in [9.17, 15) is 14.3 Å². The minimum absolute atomic E-state index is 0.0267. The Bertz CT molecular complexity index is 965. The van der Waals surface area contributed by atoms with Crippen LogP contribution >= 0.6 is 0 Å². The molecule has 1 aliphatic heterocycles. The zero-order valence-corrected chi connectivity index (χ0v) is 19.2. The predicted molar refractivity (Wildman–Crippen MR) is 123 cm³/mol. The minimum atomic E-state index is -0.335. The first-order chi connectivity index (χ1) is 15.3. The zero-order chi connectivity index (χ0) is 23.3. The molecule has 0 saturated heterocycles. The van der Waals surface area contributed by atoms with E-state index in [2.05, 4.69) is 4.98 Å². The summed E-state index contributed by atoms with van der Waals surface area (Å²) in [5, 5.41) is 9.75. The van der Waals surface area contributed by atoms with Gasteiger partial charge in [0.15, 0.2) is 0 Å². The molecule has 0 bridgehead atoms. The van der Waals surface area contributed by atoms with Crippen LogP contribution in [0.4, 0.5) is 4.39 Å². The number of fused-ring (bicyclic) bond motifs is 1. The zero-order valence-electron chi connectivity index (χ0n) is 19.2. The van der Waals surface area contributed by atoms with Gasteiger partial charge in [-0.25, -0.2) is 9.37 Å². The van der Waals surface area contributed by atoms with Gasteiger partial charge >= 0.3 is 0 Å². The number of pyridine rings is 1. The third kappa shape index (κ3) is 5.53. The molecule has 6 nitrogen and oxygen atoms in total. The summed E-state index contributed by atoms with van der Waals surface area (Å²) in [5.74, 6) is -0.177. The van der Waals surface area contributed by atoms with E-state index in [1.165, 1.54) is 6.07 Å². The number of aliphatic hydroxyl groups is 1. The van der Waals surface area contributed by atoms with E-state index in [1.54, 1.807) is 29.3 Å². The fourth-order valence-corrected chi connectivity index (χ4v) is 3.91. The van der Waals surface area contributed by atoms with E-state index in [4.69, 9.17) is 4.74 Å². The van der Waals surface area contributed by atoms with Crippen LogP contribution < -0.4 is 4.74 Å². The number of aliphatic hydroxyl groups excluding tert-OH is 1. The molecule has 1 aliphatic rings. The Morgan fingerprint density at radius 1 is 1.41 bits per heavy atom. The molecule has 1 N–H and O–H groups in total. The Hall–Kier alpha value is -2.77. The number of allylic oxidation sites excluding steroid dienone is 1. The lowest BCUT2D eigenvalue weighted by Gasteiger charge is -2.37. The molecule has 0 fully saturated rings. The van der Waals surface area contributed by atoms with E-state index in [0.29, 0.717) is 30.8 Å². The van der Waals surface area contributed by atoms with Gasteiger partial charge in [-0.15, -0.1) is 0 Å². The normalized spacial score (nSPS) is 20.1. The second-order valence-corrected chi connectivity index (χ2v) is 8.53. The number of amides is 1. The number of hydrogen-bond acceptors (Lipinski definition) is 5. The number of rotatable bonds is 7. The monoisotopic (exact) mass is 441 g/mol. The SMILES string of the molecule is C/C=C/c1cnc2c(c1)C(=O)N([C@@H](C)CO)C[C@H](C)[C@@H](CN(C)Cc1ccccc1F)O2. The van der Waals surface area contributed by atoms with Crippen molar-refractivity contribution in [1.29, 1.82) is 0 Å². The molecular formula is C25H32FN3O3. The number of aromatic nitrogens is 1. The van der Waals surface area contributed by atoms with E-state index in [0.717, 1.165) is 5.56 Å². The highest BCUT2D eigenvalue weighted by atomic mass is 19.1. The van der Waals surface area contributed by atoms with Crippen molar-refractivity contribution in [3.63, 3.8) is 0 Å². The van der Waals surface area contributed by atoms with Crippen LogP contribution in [-0.2, 0) is 6.54 Å². The molecule has 1 aromatic carbocycles. The summed E-state index contributed by atoms with van der Waals surface area (Å²) in [6.07, 6.45) is 5.17. The van der Waals surface area contributed by atoms with Gasteiger partial charge in [-0.3, -0.25) is 9.69 Å². The van der Waals surface area contributed by atoms with Crippen molar-refractivity contribution in [3.8, 4) is 5.88 Å². The fraction of sp³-hybridized carbons (Fsp3) is 0.440. The highest BCUT2D eigenvalue weighted by Crippen LogP contribution is 2.28. The van der Waals surface area contributed by atoms with Crippen molar-refractivity contribution >= 4 is 12.0 Å². The Morgan fingerprint density at radius 3 is 2.84 bits per heavy atom. The van der Waals surface area contributed by atoms with E-state index >= 15 is 0 Å². The first-order valence-electron chi connectivity index (χ1n) is 11.0. The predicted octanol–water partition coefficient (Wildman–Crippen LogP) is 3.61. The number of benzene rings is 1. The molecule has 3 rings (SSSR count). The number of likely N-dealkylation sites (N-methyl/N-ethyl adjacent to an activating group) is 1. The average molecular weight is 442 g/mol. The summed E-state index contributed by atoms with van der Waals surface area (Å²) in [7, 11) is 1.92. The first-order valence-corrected chi connectivity index (χ1v) is 11.0. The molecule has 0 aliphatic carbocycles. The fourth-order valence-electron chi connectivity index (χ4n) is 3.91. The maximum Gasteiger partial charge on any atom is 0.259 e. The summed E-state index contributed by atoms with van der Waals surface area (Å²) in [5.41, 5.74) is 1.81. The lowest BCUT2D eigenvalue weighted by atomic mass is 9.99. The van der Waals surface area contributed by atoms with Gasteiger partial charge in [0.1, 0.15) is 17.5 Å². The number of halogens is 1. The summed E-state index contributed by atoms with van der Waals surface area (Å²) in [6.45, 7) is 7.03. The summed E-state index contributed by atoms with van der Waals surface area (Å²) < 4.78 is 20.4. The molecule has 2 aromatic rings. The average Bonchev–Trinajstić information content (AvgIpc) is 2.78. The second kappa shape index (κ2) is 10.7. The topological polar surface area (TPSA) is 65.9 Å². The molecule has 32 heavy (non-hydrogen) atoms. The molecule has 1 amide bonds. The highest BCUT2D eigenvalue weighted by Gasteiger charge is 2.34. The number of hydrogen-bond donors (Lipinski definition) is 1. The van der Waals surface area contributed by atoms with Crippen LogP contribution in [-0.4, -0.2) is 64.7 Å². The molecule has 2 heterocycles. The van der Waals surface area contributed by atoms with Crippen LogP contribution in [0.25, 0.3) is 6.08 Å². The quantitative estimate of drug-likeness (QED) is 0.711. The summed E-state index contributed by atoms with van der Waals surface area (Å²) in [4.78, 5) is 21.5. The highest BCUT2D eigenvalue weighted by molar-refractivity contribution is 5.97. The standard InChI is InChI=1S/C25H32FN3O3/c1-5-8-19-11-21-24(27-12-19)32-23(17(2)13-29(25(21)31)18(3)16-30)15-28(4)14-20-9-6-7-10-22(20)26/h5-12,17-18,23,30H,13-16H2,1-4H3/b8-5+/t17-,18-,23+/m0/s1. The Labute approximate surface area is 189 Å². The number of ether oxygens (including phenoxy) is 1. The van der Waals surface area contributed by atoms with E-state index in [1.807, 2.05) is 50.9 Å². The molecular weight excluding hydrogens is 409 g/mol. The minimum Gasteiger partial charge on any atom is -0.472 e. The van der Waals surface area contributed by atoms with Gasteiger partial charge in [0.25, 0.3) is 5.91 Å². The lowest BCUT2D eigenvalue weighted by Crippen LogP contribution is -2.49. The van der Waals surface area contributed by atoms with Gasteiger partial charge in [0.05, 0.1) is 12.6 Å². The molecule has 0 unspecified atom stereocenters. The van der Waals surface area contributed by atoms with Crippen LogP contribution in [0.15, 0.2) is 42.6 Å². The number of carbonyl (C=O) groups is 1. The molecule has 1 aromatic heterocycles. The van der Waals surface area contributed by atoms with Crippen LogP contribution in [0, 0.1) is 11.7 Å². The van der Waals surface area contributed by atoms with Gasteiger partial charge in [-0.2, -0.15) is 0 Å². The number of nitrogens with zero attached hydrogens (tertiary/aromatic N) is 3. The summed E-state index contributed by atoms with van der Waals surface area (Å²) in [6, 6.07) is 8.18. The van der Waals surface area contributed by atoms with Crippen molar-refractivity contribution in [2.24, 2.45) is 5.92 Å². The molecule has 0 spiro atoms. The smallest absolute Gasteiger partial charge is 0.259 e. The molecule has 172 valence electrons. The maximum absolute atomic E-state index is 14.1. The van der Waals surface area contributed by atoms with E-state index < -0.39 is 0 Å². The van der Waals surface area contributed by atoms with Crippen LogP contribution in [0.3, 0.4) is 0 Å². The van der Waals surface area contributed by atoms with Crippen LogP contribution in [0.1, 0.15) is 42.3 Å². The largest absolute Gasteiger partial charge is 0.472 e. The third-order valence-electron chi connectivity index (χ3n) is 5.79. The van der Waals surface area contributed by atoms with Gasteiger partial charge in [0, 0.05) is 37.3 Å². The maximum atomic E-state index is 14.1. The van der Waals surface area contributed by atoms with Crippen molar-refractivity contribution in [2.45, 2.75) is 39.5 Å². The first kappa shape index (κ1) is 23.9. The van der Waals surface area contributed by atoms with Crippen LogP contribution in [0.2, 0.25) is 0 Å². The third-order valence-corrected chi connectivity index (χ3v) is 5.79. The molecule has 0 radical (unpaired) electrons. The van der Waals surface area contributed by atoms with Crippen molar-refractivity contribution < 1.29 is 19.0 Å². The van der Waals surface area contributed by atoms with Crippen LogP contribution in [0.5, 0.6) is 5.88 Å². The van der Waals surface area contributed by atoms with Crippen molar-refractivity contribution in [3.05, 3.63) is 65.1 Å². The van der Waals surface area contributed by atoms with Gasteiger partial charge in [0.2, 0.25) is 5.88 Å². The van der Waals surface area contributed by atoms with E-state index in [-0.39, 0.29) is 42.3 Å². The second-order valence-electron chi connectivity index (χ2n) is 8.53. The van der Waals surface area contributed by atoms with Gasteiger partial charge in [-0.05, 0) is 38.6 Å².